The normalized spacial score (nSPS) is 12.6. The summed E-state index contributed by atoms with van der Waals surface area (Å²) in [6.07, 6.45) is 3.71. The maximum atomic E-state index is 11.7. The third kappa shape index (κ3) is 1.86. The molecular weight excluding hydrogens is 206 g/mol. The summed E-state index contributed by atoms with van der Waals surface area (Å²) in [5, 5.41) is 2.76. The van der Waals surface area contributed by atoms with E-state index in [1.165, 1.54) is 12.7 Å². The van der Waals surface area contributed by atoms with E-state index in [0.29, 0.717) is 17.0 Å². The Balaban J connectivity index is 2.27. The van der Waals surface area contributed by atoms with E-state index in [1.807, 2.05) is 13.8 Å². The van der Waals surface area contributed by atoms with Gasteiger partial charge >= 0.3 is 0 Å². The van der Waals surface area contributed by atoms with Gasteiger partial charge in [-0.3, -0.25) is 4.79 Å². The molecule has 0 bridgehead atoms. The molecule has 0 fully saturated rings. The monoisotopic (exact) mass is 219 g/mol. The van der Waals surface area contributed by atoms with Gasteiger partial charge in [-0.05, 0) is 6.42 Å². The first kappa shape index (κ1) is 10.5. The first-order chi connectivity index (χ1) is 7.72. The number of fused-ring (bicyclic) bond motifs is 1. The summed E-state index contributed by atoms with van der Waals surface area (Å²) in [6.45, 7) is 3.84. The Labute approximate surface area is 92.5 Å². The van der Waals surface area contributed by atoms with Crippen LogP contribution in [0.1, 0.15) is 20.3 Å². The van der Waals surface area contributed by atoms with Crippen LogP contribution in [0, 0.1) is 5.92 Å². The van der Waals surface area contributed by atoms with Gasteiger partial charge in [-0.2, -0.15) is 0 Å². The standard InChI is InChI=1S/C10H13N5O/c1-3-6(2)10(16)15-9-7-8(12-4-11-7)13-5-14-9/h4-6H,3H2,1-2H3,(H2,11,12,13,14,15,16). The number of rotatable bonds is 3. The fraction of sp³-hybridized carbons (Fsp3) is 0.400. The van der Waals surface area contributed by atoms with Crippen LogP contribution in [0.25, 0.3) is 11.2 Å². The van der Waals surface area contributed by atoms with Crippen molar-refractivity contribution >= 4 is 22.9 Å². The molecule has 6 heteroatoms. The molecule has 6 nitrogen and oxygen atoms in total. The van der Waals surface area contributed by atoms with Gasteiger partial charge in [-0.25, -0.2) is 15.0 Å². The number of anilines is 1. The fourth-order valence-electron chi connectivity index (χ4n) is 1.29. The molecule has 2 heterocycles. The number of imidazole rings is 1. The molecule has 1 unspecified atom stereocenters. The molecule has 2 N–H and O–H groups in total. The van der Waals surface area contributed by atoms with E-state index in [1.54, 1.807) is 0 Å². The van der Waals surface area contributed by atoms with E-state index in [0.717, 1.165) is 6.42 Å². The number of hydrogen-bond donors (Lipinski definition) is 2. The summed E-state index contributed by atoms with van der Waals surface area (Å²) in [5.74, 6) is 0.401. The number of amides is 1. The topological polar surface area (TPSA) is 83.6 Å². The van der Waals surface area contributed by atoms with Crippen LogP contribution >= 0.6 is 0 Å². The number of carbonyl (C=O) groups excluding carboxylic acids is 1. The second-order valence-electron chi connectivity index (χ2n) is 3.62. The average Bonchev–Trinajstić information content (AvgIpc) is 2.77. The van der Waals surface area contributed by atoms with Crippen LogP contribution in [-0.4, -0.2) is 25.8 Å². The lowest BCUT2D eigenvalue weighted by atomic mass is 10.1. The van der Waals surface area contributed by atoms with Crippen molar-refractivity contribution in [2.24, 2.45) is 5.92 Å². The summed E-state index contributed by atoms with van der Waals surface area (Å²) in [6, 6.07) is 0. The fourth-order valence-corrected chi connectivity index (χ4v) is 1.29. The highest BCUT2D eigenvalue weighted by atomic mass is 16.1. The van der Waals surface area contributed by atoms with Crippen molar-refractivity contribution in [3.63, 3.8) is 0 Å². The first-order valence-corrected chi connectivity index (χ1v) is 5.17. The molecular formula is C10H13N5O. The summed E-state index contributed by atoms with van der Waals surface area (Å²) in [7, 11) is 0. The molecule has 0 aliphatic heterocycles. The number of aromatic nitrogens is 4. The van der Waals surface area contributed by atoms with Gasteiger partial charge in [0, 0.05) is 5.92 Å². The Kier molecular flexibility index (Phi) is 2.80. The lowest BCUT2D eigenvalue weighted by Crippen LogP contribution is -2.20. The number of H-pyrrole nitrogens is 1. The molecule has 0 saturated heterocycles. The lowest BCUT2D eigenvalue weighted by Gasteiger charge is -2.08. The van der Waals surface area contributed by atoms with Crippen LogP contribution in [0.5, 0.6) is 0 Å². The van der Waals surface area contributed by atoms with E-state index < -0.39 is 0 Å². The first-order valence-electron chi connectivity index (χ1n) is 5.17. The van der Waals surface area contributed by atoms with Gasteiger partial charge in [0.05, 0.1) is 6.33 Å². The third-order valence-corrected chi connectivity index (χ3v) is 2.52. The summed E-state index contributed by atoms with van der Waals surface area (Å²) in [5.41, 5.74) is 1.20. The third-order valence-electron chi connectivity index (χ3n) is 2.52. The summed E-state index contributed by atoms with van der Waals surface area (Å²) < 4.78 is 0. The molecule has 2 aromatic heterocycles. The van der Waals surface area contributed by atoms with Gasteiger partial charge in [0.2, 0.25) is 5.91 Å². The average molecular weight is 219 g/mol. The van der Waals surface area contributed by atoms with Crippen molar-refractivity contribution < 1.29 is 4.79 Å². The largest absolute Gasteiger partial charge is 0.340 e. The minimum atomic E-state index is -0.0444. The van der Waals surface area contributed by atoms with Crippen LogP contribution in [0.2, 0.25) is 0 Å². The molecule has 2 aromatic rings. The molecule has 16 heavy (non-hydrogen) atoms. The molecule has 0 aromatic carbocycles. The number of carbonyl (C=O) groups is 1. The molecule has 0 radical (unpaired) electrons. The van der Waals surface area contributed by atoms with E-state index in [2.05, 4.69) is 25.3 Å². The van der Waals surface area contributed by atoms with Gasteiger partial charge in [0.25, 0.3) is 0 Å². The van der Waals surface area contributed by atoms with Crippen molar-refractivity contribution in [1.29, 1.82) is 0 Å². The summed E-state index contributed by atoms with van der Waals surface area (Å²) >= 11 is 0. The van der Waals surface area contributed by atoms with Crippen LogP contribution < -0.4 is 5.32 Å². The smallest absolute Gasteiger partial charge is 0.228 e. The van der Waals surface area contributed by atoms with Gasteiger partial charge < -0.3 is 10.3 Å². The highest BCUT2D eigenvalue weighted by Gasteiger charge is 2.13. The van der Waals surface area contributed by atoms with Crippen molar-refractivity contribution in [3.8, 4) is 0 Å². The van der Waals surface area contributed by atoms with Crippen molar-refractivity contribution in [3.05, 3.63) is 12.7 Å². The van der Waals surface area contributed by atoms with Gasteiger partial charge in [0.1, 0.15) is 11.8 Å². The quantitative estimate of drug-likeness (QED) is 0.815. The molecule has 0 aliphatic carbocycles. The number of nitrogens with zero attached hydrogens (tertiary/aromatic N) is 3. The van der Waals surface area contributed by atoms with E-state index >= 15 is 0 Å². The Morgan fingerprint density at radius 2 is 2.31 bits per heavy atom. The molecule has 0 spiro atoms. The molecule has 0 saturated carbocycles. The Morgan fingerprint density at radius 3 is 3.06 bits per heavy atom. The van der Waals surface area contributed by atoms with Crippen LogP contribution in [0.4, 0.5) is 5.82 Å². The second-order valence-corrected chi connectivity index (χ2v) is 3.62. The molecule has 2 rings (SSSR count). The molecule has 0 aliphatic rings. The predicted octanol–water partition coefficient (Wildman–Crippen LogP) is 1.34. The molecule has 1 atom stereocenters. The highest BCUT2D eigenvalue weighted by molar-refractivity contribution is 5.97. The molecule has 1 amide bonds. The van der Waals surface area contributed by atoms with Crippen LogP contribution in [-0.2, 0) is 4.79 Å². The predicted molar refractivity (Wildman–Crippen MR) is 59.8 cm³/mol. The minimum Gasteiger partial charge on any atom is -0.340 e. The molecule has 84 valence electrons. The van der Waals surface area contributed by atoms with E-state index in [9.17, 15) is 4.79 Å². The highest BCUT2D eigenvalue weighted by Crippen LogP contribution is 2.15. The maximum absolute atomic E-state index is 11.7. The maximum Gasteiger partial charge on any atom is 0.228 e. The number of hydrogen-bond acceptors (Lipinski definition) is 4. The zero-order valence-electron chi connectivity index (χ0n) is 9.19. The van der Waals surface area contributed by atoms with E-state index in [-0.39, 0.29) is 11.8 Å². The van der Waals surface area contributed by atoms with Crippen molar-refractivity contribution in [1.82, 2.24) is 19.9 Å². The summed E-state index contributed by atoms with van der Waals surface area (Å²) in [4.78, 5) is 26.6. The number of aromatic amines is 1. The van der Waals surface area contributed by atoms with Gasteiger partial charge in [-0.1, -0.05) is 13.8 Å². The van der Waals surface area contributed by atoms with Crippen LogP contribution in [0.15, 0.2) is 12.7 Å². The lowest BCUT2D eigenvalue weighted by molar-refractivity contribution is -0.119. The van der Waals surface area contributed by atoms with Crippen LogP contribution in [0.3, 0.4) is 0 Å². The Hall–Kier alpha value is -1.98. The Bertz CT molecular complexity index is 507. The zero-order valence-corrected chi connectivity index (χ0v) is 9.19. The zero-order chi connectivity index (χ0) is 11.5. The minimum absolute atomic E-state index is 0.0343. The van der Waals surface area contributed by atoms with Gasteiger partial charge in [0.15, 0.2) is 11.5 Å². The second kappa shape index (κ2) is 4.26. The van der Waals surface area contributed by atoms with Crippen molar-refractivity contribution in [2.75, 3.05) is 5.32 Å². The van der Waals surface area contributed by atoms with Gasteiger partial charge in [-0.15, -0.1) is 0 Å². The SMILES string of the molecule is CCC(C)C(=O)Nc1ncnc2nc[nH]c12. The Morgan fingerprint density at radius 1 is 1.50 bits per heavy atom. The number of nitrogens with one attached hydrogen (secondary N) is 2. The van der Waals surface area contributed by atoms with Crippen molar-refractivity contribution in [2.45, 2.75) is 20.3 Å². The van der Waals surface area contributed by atoms with E-state index in [4.69, 9.17) is 0 Å².